The Morgan fingerprint density at radius 1 is 1.40 bits per heavy atom. The van der Waals surface area contributed by atoms with Crippen LogP contribution in [0.3, 0.4) is 0 Å². The SMILES string of the molecule is O=[N+]([O-])c1ccc(NCC2CCSCC2)c(C(F)F)c1. The fraction of sp³-hybridized carbons (Fsp3) is 0.538. The molecule has 110 valence electrons. The third-order valence-corrected chi connectivity index (χ3v) is 4.45. The molecule has 20 heavy (non-hydrogen) atoms. The van der Waals surface area contributed by atoms with Crippen LogP contribution in [0.25, 0.3) is 0 Å². The monoisotopic (exact) mass is 302 g/mol. The molecule has 7 heteroatoms. The van der Waals surface area contributed by atoms with Crippen molar-refractivity contribution >= 4 is 23.1 Å². The molecule has 1 aliphatic rings. The van der Waals surface area contributed by atoms with E-state index in [2.05, 4.69) is 5.32 Å². The molecular formula is C13H16F2N2O2S. The van der Waals surface area contributed by atoms with Gasteiger partial charge in [-0.2, -0.15) is 11.8 Å². The van der Waals surface area contributed by atoms with Crippen LogP contribution in [-0.2, 0) is 0 Å². The van der Waals surface area contributed by atoms with Crippen LogP contribution in [0.2, 0.25) is 0 Å². The molecule has 0 aliphatic carbocycles. The highest BCUT2D eigenvalue weighted by atomic mass is 32.2. The number of non-ortho nitro benzene ring substituents is 1. The Morgan fingerprint density at radius 3 is 2.70 bits per heavy atom. The maximum absolute atomic E-state index is 13.0. The van der Waals surface area contributed by atoms with Gasteiger partial charge in [-0.15, -0.1) is 0 Å². The number of nitrogens with zero attached hydrogens (tertiary/aromatic N) is 1. The van der Waals surface area contributed by atoms with E-state index in [0.717, 1.165) is 30.4 Å². The van der Waals surface area contributed by atoms with Gasteiger partial charge < -0.3 is 5.32 Å². The highest BCUT2D eigenvalue weighted by Gasteiger charge is 2.19. The highest BCUT2D eigenvalue weighted by molar-refractivity contribution is 7.99. The molecule has 0 bridgehead atoms. The lowest BCUT2D eigenvalue weighted by Crippen LogP contribution is -2.19. The minimum absolute atomic E-state index is 0.295. The molecular weight excluding hydrogens is 286 g/mol. The summed E-state index contributed by atoms with van der Waals surface area (Å²) in [5.74, 6) is 2.69. The van der Waals surface area contributed by atoms with Crippen LogP contribution in [0.5, 0.6) is 0 Å². The second-order valence-corrected chi connectivity index (χ2v) is 5.99. The number of nitrogens with one attached hydrogen (secondary N) is 1. The molecule has 0 unspecified atom stereocenters. The standard InChI is InChI=1S/C13H16F2N2O2S/c14-13(15)11-7-10(17(18)19)1-2-12(11)16-8-9-3-5-20-6-4-9/h1-2,7,9,13,16H,3-6,8H2. The Kier molecular flexibility index (Phi) is 5.17. The van der Waals surface area contributed by atoms with Crippen molar-refractivity contribution in [2.75, 3.05) is 23.4 Å². The van der Waals surface area contributed by atoms with Gasteiger partial charge in [0.1, 0.15) is 0 Å². The molecule has 1 aromatic rings. The Labute approximate surface area is 120 Å². The zero-order valence-corrected chi connectivity index (χ0v) is 11.7. The summed E-state index contributed by atoms with van der Waals surface area (Å²) in [6, 6.07) is 3.58. The quantitative estimate of drug-likeness (QED) is 0.657. The summed E-state index contributed by atoms with van der Waals surface area (Å²) in [6.07, 6.45) is -0.567. The van der Waals surface area contributed by atoms with Crippen molar-refractivity contribution in [3.63, 3.8) is 0 Å². The summed E-state index contributed by atoms with van der Waals surface area (Å²) in [4.78, 5) is 9.97. The van der Waals surface area contributed by atoms with E-state index in [1.54, 1.807) is 0 Å². The van der Waals surface area contributed by atoms with E-state index in [0.29, 0.717) is 18.2 Å². The largest absolute Gasteiger partial charge is 0.384 e. The van der Waals surface area contributed by atoms with E-state index in [-0.39, 0.29) is 11.3 Å². The molecule has 1 fully saturated rings. The van der Waals surface area contributed by atoms with Gasteiger partial charge in [-0.3, -0.25) is 10.1 Å². The minimum atomic E-state index is -2.72. The van der Waals surface area contributed by atoms with Gasteiger partial charge in [0.2, 0.25) is 0 Å². The zero-order chi connectivity index (χ0) is 14.5. The van der Waals surface area contributed by atoms with Crippen molar-refractivity contribution in [2.45, 2.75) is 19.3 Å². The predicted octanol–water partition coefficient (Wildman–Crippen LogP) is 4.09. The average Bonchev–Trinajstić information content (AvgIpc) is 2.45. The lowest BCUT2D eigenvalue weighted by molar-refractivity contribution is -0.385. The summed E-state index contributed by atoms with van der Waals surface area (Å²) in [5, 5.41) is 13.6. The van der Waals surface area contributed by atoms with Gasteiger partial charge in [0.25, 0.3) is 12.1 Å². The lowest BCUT2D eigenvalue weighted by Gasteiger charge is -2.22. The Morgan fingerprint density at radius 2 is 2.10 bits per heavy atom. The first-order valence-electron chi connectivity index (χ1n) is 6.46. The lowest BCUT2D eigenvalue weighted by atomic mass is 10.0. The molecule has 0 saturated carbocycles. The summed E-state index contributed by atoms with van der Waals surface area (Å²) < 4.78 is 25.9. The second-order valence-electron chi connectivity index (χ2n) is 4.77. The smallest absolute Gasteiger partial charge is 0.270 e. The average molecular weight is 302 g/mol. The number of anilines is 1. The Bertz CT molecular complexity index is 479. The topological polar surface area (TPSA) is 55.2 Å². The van der Waals surface area contributed by atoms with Crippen molar-refractivity contribution in [1.29, 1.82) is 0 Å². The Balaban J connectivity index is 2.07. The second kappa shape index (κ2) is 6.88. The normalized spacial score (nSPS) is 16.4. The van der Waals surface area contributed by atoms with Crippen molar-refractivity contribution < 1.29 is 13.7 Å². The van der Waals surface area contributed by atoms with Gasteiger partial charge in [-0.25, -0.2) is 8.78 Å². The predicted molar refractivity (Wildman–Crippen MR) is 76.6 cm³/mol. The van der Waals surface area contributed by atoms with Crippen LogP contribution >= 0.6 is 11.8 Å². The van der Waals surface area contributed by atoms with Gasteiger partial charge in [0, 0.05) is 29.9 Å². The highest BCUT2D eigenvalue weighted by Crippen LogP contribution is 2.31. The Hall–Kier alpha value is -1.37. The van der Waals surface area contributed by atoms with Gasteiger partial charge in [0.15, 0.2) is 0 Å². The molecule has 0 atom stereocenters. The summed E-state index contributed by atoms with van der Waals surface area (Å²) >= 11 is 1.91. The zero-order valence-electron chi connectivity index (χ0n) is 10.9. The minimum Gasteiger partial charge on any atom is -0.384 e. The van der Waals surface area contributed by atoms with E-state index >= 15 is 0 Å². The first-order valence-corrected chi connectivity index (χ1v) is 7.61. The van der Waals surface area contributed by atoms with E-state index in [4.69, 9.17) is 0 Å². The molecule has 0 aromatic heterocycles. The number of benzene rings is 1. The van der Waals surface area contributed by atoms with Crippen LogP contribution in [0.1, 0.15) is 24.8 Å². The van der Waals surface area contributed by atoms with Crippen molar-refractivity contribution in [3.05, 3.63) is 33.9 Å². The van der Waals surface area contributed by atoms with Crippen LogP contribution in [0.15, 0.2) is 18.2 Å². The molecule has 1 heterocycles. The molecule has 4 nitrogen and oxygen atoms in total. The molecule has 1 N–H and O–H groups in total. The fourth-order valence-electron chi connectivity index (χ4n) is 2.21. The number of halogens is 2. The van der Waals surface area contributed by atoms with Gasteiger partial charge in [-0.1, -0.05) is 0 Å². The number of hydrogen-bond donors (Lipinski definition) is 1. The summed E-state index contributed by atoms with van der Waals surface area (Å²) in [6.45, 7) is 0.637. The molecule has 0 amide bonds. The number of thioether (sulfide) groups is 1. The first-order chi connectivity index (χ1) is 9.58. The van der Waals surface area contributed by atoms with E-state index in [1.807, 2.05) is 11.8 Å². The molecule has 0 radical (unpaired) electrons. The number of hydrogen-bond acceptors (Lipinski definition) is 4. The van der Waals surface area contributed by atoms with Crippen molar-refractivity contribution in [1.82, 2.24) is 0 Å². The van der Waals surface area contributed by atoms with E-state index in [1.165, 1.54) is 12.1 Å². The van der Waals surface area contributed by atoms with Gasteiger partial charge >= 0.3 is 0 Å². The summed E-state index contributed by atoms with van der Waals surface area (Å²) in [5.41, 5.74) is -0.312. The van der Waals surface area contributed by atoms with Crippen LogP contribution in [-0.4, -0.2) is 23.0 Å². The van der Waals surface area contributed by atoms with Gasteiger partial charge in [0.05, 0.1) is 4.92 Å². The fourth-order valence-corrected chi connectivity index (χ4v) is 3.41. The van der Waals surface area contributed by atoms with Crippen LogP contribution in [0.4, 0.5) is 20.2 Å². The van der Waals surface area contributed by atoms with Gasteiger partial charge in [-0.05, 0) is 36.3 Å². The molecule has 2 rings (SSSR count). The molecule has 1 saturated heterocycles. The van der Waals surface area contributed by atoms with Crippen molar-refractivity contribution in [3.8, 4) is 0 Å². The van der Waals surface area contributed by atoms with E-state index in [9.17, 15) is 18.9 Å². The number of nitro benzene ring substituents is 1. The maximum Gasteiger partial charge on any atom is 0.270 e. The number of rotatable bonds is 5. The molecule has 0 spiro atoms. The third-order valence-electron chi connectivity index (χ3n) is 3.40. The molecule has 1 aliphatic heterocycles. The first kappa shape index (κ1) is 15.0. The van der Waals surface area contributed by atoms with Crippen molar-refractivity contribution in [2.24, 2.45) is 5.92 Å². The molecule has 1 aromatic carbocycles. The maximum atomic E-state index is 13.0. The summed E-state index contributed by atoms with van der Waals surface area (Å²) in [7, 11) is 0. The number of alkyl halides is 2. The number of nitro groups is 1. The van der Waals surface area contributed by atoms with E-state index < -0.39 is 11.3 Å². The third kappa shape index (κ3) is 3.82. The van der Waals surface area contributed by atoms with Crippen LogP contribution in [0, 0.1) is 16.0 Å². The van der Waals surface area contributed by atoms with Crippen LogP contribution < -0.4 is 5.32 Å².